The number of nitrogens with zero attached hydrogens (tertiary/aromatic N) is 3. The molecule has 0 unspecified atom stereocenters. The topological polar surface area (TPSA) is 101 Å². The van der Waals surface area contributed by atoms with E-state index in [1.54, 1.807) is 6.26 Å². The van der Waals surface area contributed by atoms with Crippen LogP contribution in [0.4, 0.5) is 14.5 Å². The Labute approximate surface area is 175 Å². The summed E-state index contributed by atoms with van der Waals surface area (Å²) < 4.78 is 53.6. The van der Waals surface area contributed by atoms with Crippen molar-refractivity contribution in [1.29, 1.82) is 0 Å². The molecular formula is C18H17F2N3O5S2. The fraction of sp³-hybridized carbons (Fsp3) is 0.278. The van der Waals surface area contributed by atoms with Crippen molar-refractivity contribution in [2.75, 3.05) is 32.4 Å². The van der Waals surface area contributed by atoms with Gasteiger partial charge in [0.25, 0.3) is 11.6 Å². The van der Waals surface area contributed by atoms with Gasteiger partial charge in [0.05, 0.1) is 4.92 Å². The molecule has 1 fully saturated rings. The Kier molecular flexibility index (Phi) is 6.38. The molecule has 1 saturated heterocycles. The number of nitro benzene ring substituents is 1. The molecule has 3 rings (SSSR count). The summed E-state index contributed by atoms with van der Waals surface area (Å²) in [7, 11) is -4.29. The second-order valence-electron chi connectivity index (χ2n) is 6.41. The normalized spacial score (nSPS) is 15.2. The molecule has 8 nitrogen and oxygen atoms in total. The van der Waals surface area contributed by atoms with E-state index < -0.39 is 37.4 Å². The average molecular weight is 457 g/mol. The number of hydrogen-bond donors (Lipinski definition) is 0. The van der Waals surface area contributed by atoms with Crippen molar-refractivity contribution in [3.8, 4) is 0 Å². The van der Waals surface area contributed by atoms with Crippen LogP contribution in [0.25, 0.3) is 0 Å². The van der Waals surface area contributed by atoms with Crippen LogP contribution in [0.2, 0.25) is 0 Å². The van der Waals surface area contributed by atoms with Crippen LogP contribution in [-0.4, -0.2) is 60.9 Å². The molecule has 0 saturated carbocycles. The molecule has 12 heteroatoms. The maximum absolute atomic E-state index is 13.9. The van der Waals surface area contributed by atoms with Crippen LogP contribution in [0.5, 0.6) is 0 Å². The standard InChI is InChI=1S/C18H17F2N3O5S2/c1-29-13-3-5-16(23(25)26)14(11-13)18(24)21-6-8-22(9-7-21)30(27,28)17-10-12(19)2-4-15(17)20/h2-5,10-11H,6-9H2,1H3. The summed E-state index contributed by atoms with van der Waals surface area (Å²) in [4.78, 5) is 24.7. The third-order valence-corrected chi connectivity index (χ3v) is 7.31. The molecule has 0 aromatic heterocycles. The van der Waals surface area contributed by atoms with E-state index in [1.807, 2.05) is 0 Å². The molecule has 0 spiro atoms. The Morgan fingerprint density at radius 2 is 1.77 bits per heavy atom. The number of amides is 1. The van der Waals surface area contributed by atoms with E-state index in [9.17, 15) is 32.1 Å². The van der Waals surface area contributed by atoms with Crippen LogP contribution < -0.4 is 0 Å². The zero-order valence-corrected chi connectivity index (χ0v) is 17.4. The van der Waals surface area contributed by atoms with Gasteiger partial charge in [-0.3, -0.25) is 14.9 Å². The molecule has 2 aromatic carbocycles. The van der Waals surface area contributed by atoms with Gasteiger partial charge < -0.3 is 4.90 Å². The minimum absolute atomic E-state index is 0.0460. The minimum Gasteiger partial charge on any atom is -0.336 e. The summed E-state index contributed by atoms with van der Waals surface area (Å²) in [5, 5.41) is 11.3. The van der Waals surface area contributed by atoms with Gasteiger partial charge in [0.2, 0.25) is 10.0 Å². The van der Waals surface area contributed by atoms with Gasteiger partial charge in [0.15, 0.2) is 0 Å². The summed E-state index contributed by atoms with van der Waals surface area (Å²) in [6.45, 7) is -0.397. The molecule has 0 bridgehead atoms. The summed E-state index contributed by atoms with van der Waals surface area (Å²) in [6.07, 6.45) is 1.77. The lowest BCUT2D eigenvalue weighted by atomic mass is 10.1. The van der Waals surface area contributed by atoms with Crippen LogP contribution in [0.15, 0.2) is 46.2 Å². The molecule has 1 heterocycles. The smallest absolute Gasteiger partial charge is 0.282 e. The van der Waals surface area contributed by atoms with Crippen molar-refractivity contribution in [2.24, 2.45) is 0 Å². The number of carbonyl (C=O) groups is 1. The number of sulfonamides is 1. The largest absolute Gasteiger partial charge is 0.336 e. The van der Waals surface area contributed by atoms with E-state index in [-0.39, 0.29) is 37.4 Å². The first kappa shape index (κ1) is 22.1. The van der Waals surface area contributed by atoms with Gasteiger partial charge in [0.1, 0.15) is 22.1 Å². The first-order valence-corrected chi connectivity index (χ1v) is 11.4. The van der Waals surface area contributed by atoms with Gasteiger partial charge in [0, 0.05) is 37.1 Å². The molecule has 30 heavy (non-hydrogen) atoms. The van der Waals surface area contributed by atoms with E-state index in [0.29, 0.717) is 11.0 Å². The van der Waals surface area contributed by atoms with Crippen molar-refractivity contribution in [3.63, 3.8) is 0 Å². The average Bonchev–Trinajstić information content (AvgIpc) is 2.74. The predicted molar refractivity (Wildman–Crippen MR) is 106 cm³/mol. The van der Waals surface area contributed by atoms with E-state index in [1.165, 1.54) is 34.9 Å². The molecule has 0 aliphatic carbocycles. The van der Waals surface area contributed by atoms with Gasteiger partial charge >= 0.3 is 0 Å². The maximum Gasteiger partial charge on any atom is 0.282 e. The van der Waals surface area contributed by atoms with Gasteiger partial charge in [-0.05, 0) is 36.6 Å². The number of halogens is 2. The number of benzene rings is 2. The molecule has 160 valence electrons. The Hall–Kier alpha value is -2.57. The number of rotatable bonds is 5. The van der Waals surface area contributed by atoms with Gasteiger partial charge in [-0.15, -0.1) is 11.8 Å². The molecule has 0 atom stereocenters. The first-order chi connectivity index (χ1) is 14.1. The zero-order valence-electron chi connectivity index (χ0n) is 15.7. The van der Waals surface area contributed by atoms with Crippen molar-refractivity contribution < 1.29 is 26.9 Å². The number of thioether (sulfide) groups is 1. The SMILES string of the molecule is CSc1ccc([N+](=O)[O-])c(C(=O)N2CCN(S(=O)(=O)c3cc(F)ccc3F)CC2)c1. The number of carbonyl (C=O) groups excluding carboxylic acids is 1. The van der Waals surface area contributed by atoms with Gasteiger partial charge in [-0.25, -0.2) is 17.2 Å². The predicted octanol–water partition coefficient (Wildman–Crippen LogP) is 2.74. The molecule has 2 aromatic rings. The zero-order chi connectivity index (χ0) is 22.1. The monoisotopic (exact) mass is 457 g/mol. The molecule has 1 amide bonds. The van der Waals surface area contributed by atoms with Gasteiger partial charge in [-0.2, -0.15) is 4.31 Å². The minimum atomic E-state index is -4.29. The highest BCUT2D eigenvalue weighted by Crippen LogP contribution is 2.27. The van der Waals surface area contributed by atoms with Crippen molar-refractivity contribution >= 4 is 33.4 Å². The lowest BCUT2D eigenvalue weighted by Crippen LogP contribution is -2.50. The number of piperazine rings is 1. The maximum atomic E-state index is 13.9. The Morgan fingerprint density at radius 1 is 1.10 bits per heavy atom. The third kappa shape index (κ3) is 4.30. The number of hydrogen-bond acceptors (Lipinski definition) is 6. The molecule has 0 N–H and O–H groups in total. The second kappa shape index (κ2) is 8.66. The fourth-order valence-electron chi connectivity index (χ4n) is 3.09. The highest BCUT2D eigenvalue weighted by atomic mass is 32.2. The second-order valence-corrected chi connectivity index (χ2v) is 9.20. The van der Waals surface area contributed by atoms with Crippen LogP contribution in [-0.2, 0) is 10.0 Å². The highest BCUT2D eigenvalue weighted by molar-refractivity contribution is 7.98. The summed E-state index contributed by atoms with van der Waals surface area (Å²) >= 11 is 1.32. The molecular weight excluding hydrogens is 440 g/mol. The Balaban J connectivity index is 1.80. The fourth-order valence-corrected chi connectivity index (χ4v) is 5.03. The van der Waals surface area contributed by atoms with Crippen LogP contribution in [0, 0.1) is 21.7 Å². The van der Waals surface area contributed by atoms with E-state index >= 15 is 0 Å². The van der Waals surface area contributed by atoms with Crippen LogP contribution >= 0.6 is 11.8 Å². The summed E-state index contributed by atoms with van der Waals surface area (Å²) in [5.41, 5.74) is -0.422. The molecule has 0 radical (unpaired) electrons. The summed E-state index contributed by atoms with van der Waals surface area (Å²) in [5.74, 6) is -2.55. The lowest BCUT2D eigenvalue weighted by molar-refractivity contribution is -0.385. The van der Waals surface area contributed by atoms with E-state index in [0.717, 1.165) is 16.4 Å². The quantitative estimate of drug-likeness (QED) is 0.389. The van der Waals surface area contributed by atoms with Crippen molar-refractivity contribution in [1.82, 2.24) is 9.21 Å². The Bertz CT molecular complexity index is 1100. The molecule has 1 aliphatic heterocycles. The highest BCUT2D eigenvalue weighted by Gasteiger charge is 2.34. The Morgan fingerprint density at radius 3 is 2.37 bits per heavy atom. The van der Waals surface area contributed by atoms with Crippen molar-refractivity contribution in [3.05, 3.63) is 63.7 Å². The van der Waals surface area contributed by atoms with E-state index in [2.05, 4.69) is 0 Å². The lowest BCUT2D eigenvalue weighted by Gasteiger charge is -2.34. The number of nitro groups is 1. The van der Waals surface area contributed by atoms with Crippen LogP contribution in [0.3, 0.4) is 0 Å². The van der Waals surface area contributed by atoms with Gasteiger partial charge in [-0.1, -0.05) is 0 Å². The summed E-state index contributed by atoms with van der Waals surface area (Å²) in [6, 6.07) is 6.39. The first-order valence-electron chi connectivity index (χ1n) is 8.72. The molecule has 1 aliphatic rings. The van der Waals surface area contributed by atoms with E-state index in [4.69, 9.17) is 0 Å². The van der Waals surface area contributed by atoms with Crippen molar-refractivity contribution in [2.45, 2.75) is 9.79 Å². The van der Waals surface area contributed by atoms with Crippen LogP contribution in [0.1, 0.15) is 10.4 Å². The third-order valence-electron chi connectivity index (χ3n) is 4.67.